The third kappa shape index (κ3) is 4.28. The number of aryl methyl sites for hydroxylation is 1. The zero-order valence-electron chi connectivity index (χ0n) is 16.7. The number of hydrogen-bond acceptors (Lipinski definition) is 6. The molecule has 154 valence electrons. The minimum Gasteiger partial charge on any atom is -0.307 e. The third-order valence-electron chi connectivity index (χ3n) is 5.02. The molecule has 0 aliphatic rings. The lowest BCUT2D eigenvalue weighted by molar-refractivity contribution is 0.300. The fourth-order valence-electron chi connectivity index (χ4n) is 3.34. The molecule has 8 heteroatoms. The molecular formula is C22H21ClN4O2S. The van der Waals surface area contributed by atoms with Gasteiger partial charge in [0.15, 0.2) is 0 Å². The minimum absolute atomic E-state index is 0.0387. The summed E-state index contributed by atoms with van der Waals surface area (Å²) in [5, 5.41) is 12.6. The molecule has 2 heterocycles. The summed E-state index contributed by atoms with van der Waals surface area (Å²) in [6.07, 6.45) is 2.02. The van der Waals surface area contributed by atoms with Gasteiger partial charge in [-0.2, -0.15) is 0 Å². The van der Waals surface area contributed by atoms with E-state index in [9.17, 15) is 4.79 Å². The molecule has 0 amide bonds. The number of pyridine rings is 1. The average Bonchev–Trinajstić information content (AvgIpc) is 3.16. The molecule has 2 aromatic carbocycles. The summed E-state index contributed by atoms with van der Waals surface area (Å²) in [6, 6.07) is 15.7. The molecule has 4 aromatic rings. The Hall–Kier alpha value is -2.61. The van der Waals surface area contributed by atoms with Crippen molar-refractivity contribution >= 4 is 34.3 Å². The molecule has 2 aromatic heterocycles. The summed E-state index contributed by atoms with van der Waals surface area (Å²) in [7, 11) is 0. The summed E-state index contributed by atoms with van der Waals surface area (Å²) in [5.41, 5.74) is 3.92. The lowest BCUT2D eigenvalue weighted by Crippen LogP contribution is -2.28. The van der Waals surface area contributed by atoms with E-state index in [0.29, 0.717) is 30.2 Å². The quantitative estimate of drug-likeness (QED) is 0.429. The van der Waals surface area contributed by atoms with Crippen molar-refractivity contribution < 1.29 is 4.63 Å². The van der Waals surface area contributed by atoms with Crippen LogP contribution in [0.1, 0.15) is 22.5 Å². The molecule has 6 nitrogen and oxygen atoms in total. The van der Waals surface area contributed by atoms with Gasteiger partial charge >= 0.3 is 0 Å². The van der Waals surface area contributed by atoms with E-state index >= 15 is 0 Å². The predicted octanol–water partition coefficient (Wildman–Crippen LogP) is 4.41. The maximum Gasteiger partial charge on any atom is 0.255 e. The van der Waals surface area contributed by atoms with Gasteiger partial charge in [0.25, 0.3) is 5.56 Å². The van der Waals surface area contributed by atoms with Crippen molar-refractivity contribution in [2.24, 2.45) is 0 Å². The molecule has 4 rings (SSSR count). The topological polar surface area (TPSA) is 73.0 Å². The van der Waals surface area contributed by atoms with E-state index in [1.807, 2.05) is 43.5 Å². The summed E-state index contributed by atoms with van der Waals surface area (Å²) in [6.45, 7) is 3.13. The lowest BCUT2D eigenvalue weighted by Gasteiger charge is -2.15. The van der Waals surface area contributed by atoms with Crippen LogP contribution >= 0.6 is 23.4 Å². The Morgan fingerprint density at radius 1 is 1.10 bits per heavy atom. The molecule has 0 aliphatic carbocycles. The number of benzene rings is 2. The highest BCUT2D eigenvalue weighted by molar-refractivity contribution is 7.98. The van der Waals surface area contributed by atoms with Gasteiger partial charge in [0.05, 0.1) is 12.1 Å². The van der Waals surface area contributed by atoms with Crippen LogP contribution in [-0.2, 0) is 19.6 Å². The lowest BCUT2D eigenvalue weighted by atomic mass is 10.1. The van der Waals surface area contributed by atoms with Gasteiger partial charge in [-0.15, -0.1) is 11.8 Å². The summed E-state index contributed by atoms with van der Waals surface area (Å²) in [4.78, 5) is 14.5. The SMILES string of the molecule is CSc1ccc2cc(CNCc3nonc3C)c(=O)n(Cc3ccccc3Cl)c2c1. The van der Waals surface area contributed by atoms with Gasteiger partial charge in [-0.3, -0.25) is 4.79 Å². The van der Waals surface area contributed by atoms with Crippen molar-refractivity contribution in [3.63, 3.8) is 0 Å². The highest BCUT2D eigenvalue weighted by Crippen LogP contribution is 2.24. The van der Waals surface area contributed by atoms with Gasteiger partial charge in [-0.05, 0) is 48.4 Å². The second kappa shape index (κ2) is 9.04. The van der Waals surface area contributed by atoms with Crippen molar-refractivity contribution in [3.8, 4) is 0 Å². The van der Waals surface area contributed by atoms with Gasteiger partial charge in [0, 0.05) is 28.6 Å². The van der Waals surface area contributed by atoms with Crippen LogP contribution in [0.25, 0.3) is 10.9 Å². The molecule has 0 unspecified atom stereocenters. The first-order valence-corrected chi connectivity index (χ1v) is 11.1. The monoisotopic (exact) mass is 440 g/mol. The van der Waals surface area contributed by atoms with E-state index in [-0.39, 0.29) is 5.56 Å². The highest BCUT2D eigenvalue weighted by atomic mass is 35.5. The molecule has 0 radical (unpaired) electrons. The highest BCUT2D eigenvalue weighted by Gasteiger charge is 2.13. The van der Waals surface area contributed by atoms with Gasteiger partial charge < -0.3 is 9.88 Å². The molecule has 1 N–H and O–H groups in total. The number of fused-ring (bicyclic) bond motifs is 1. The van der Waals surface area contributed by atoms with Gasteiger partial charge in [0.1, 0.15) is 11.4 Å². The average molecular weight is 441 g/mol. The minimum atomic E-state index is -0.0387. The maximum absolute atomic E-state index is 13.4. The Morgan fingerprint density at radius 3 is 2.67 bits per heavy atom. The van der Waals surface area contributed by atoms with E-state index in [1.54, 1.807) is 16.3 Å². The molecular weight excluding hydrogens is 420 g/mol. The van der Waals surface area contributed by atoms with Crippen molar-refractivity contribution in [2.75, 3.05) is 6.26 Å². The number of halogens is 1. The smallest absolute Gasteiger partial charge is 0.255 e. The summed E-state index contributed by atoms with van der Waals surface area (Å²) < 4.78 is 6.53. The number of rotatable bonds is 7. The first-order valence-electron chi connectivity index (χ1n) is 9.49. The standard InChI is InChI=1S/C22H21ClN4O2S/c1-14-20(26-29-25-14)12-24-11-17-9-15-7-8-18(30-2)10-21(15)27(22(17)28)13-16-5-3-4-6-19(16)23/h3-10,24H,11-13H2,1-2H3. The van der Waals surface area contributed by atoms with E-state index in [0.717, 1.165) is 32.7 Å². The van der Waals surface area contributed by atoms with Gasteiger partial charge in [-0.25, -0.2) is 4.63 Å². The largest absolute Gasteiger partial charge is 0.307 e. The van der Waals surface area contributed by atoms with E-state index in [4.69, 9.17) is 16.2 Å². The first kappa shape index (κ1) is 20.7. The number of aromatic nitrogens is 3. The van der Waals surface area contributed by atoms with Crippen LogP contribution in [-0.4, -0.2) is 21.1 Å². The fourth-order valence-corrected chi connectivity index (χ4v) is 3.97. The van der Waals surface area contributed by atoms with Crippen LogP contribution in [0, 0.1) is 6.92 Å². The molecule has 0 aliphatic heterocycles. The third-order valence-corrected chi connectivity index (χ3v) is 6.11. The van der Waals surface area contributed by atoms with Crippen LogP contribution in [0.2, 0.25) is 5.02 Å². The van der Waals surface area contributed by atoms with Crippen LogP contribution in [0.5, 0.6) is 0 Å². The number of hydrogen-bond donors (Lipinski definition) is 1. The van der Waals surface area contributed by atoms with Crippen molar-refractivity contribution in [3.05, 3.63) is 86.4 Å². The molecule has 0 atom stereocenters. The van der Waals surface area contributed by atoms with E-state index in [1.165, 1.54) is 0 Å². The predicted molar refractivity (Wildman–Crippen MR) is 120 cm³/mol. The van der Waals surface area contributed by atoms with Crippen molar-refractivity contribution in [1.82, 2.24) is 20.2 Å². The Morgan fingerprint density at radius 2 is 1.93 bits per heavy atom. The van der Waals surface area contributed by atoms with Crippen LogP contribution in [0.4, 0.5) is 0 Å². The summed E-state index contributed by atoms with van der Waals surface area (Å²) >= 11 is 8.03. The Balaban J connectivity index is 1.72. The van der Waals surface area contributed by atoms with Crippen molar-refractivity contribution in [2.45, 2.75) is 31.5 Å². The van der Waals surface area contributed by atoms with Gasteiger partial charge in [0.2, 0.25) is 0 Å². The zero-order chi connectivity index (χ0) is 21.1. The second-order valence-electron chi connectivity index (χ2n) is 6.98. The number of nitrogens with one attached hydrogen (secondary N) is 1. The van der Waals surface area contributed by atoms with E-state index in [2.05, 4.69) is 33.8 Å². The Labute approximate surface area is 183 Å². The Kier molecular flexibility index (Phi) is 6.22. The van der Waals surface area contributed by atoms with Crippen molar-refractivity contribution in [1.29, 1.82) is 0 Å². The first-order chi connectivity index (χ1) is 14.6. The zero-order valence-corrected chi connectivity index (χ0v) is 18.3. The fraction of sp³-hybridized carbons (Fsp3) is 0.227. The normalized spacial score (nSPS) is 11.3. The molecule has 0 saturated carbocycles. The second-order valence-corrected chi connectivity index (χ2v) is 8.26. The maximum atomic E-state index is 13.4. The van der Waals surface area contributed by atoms with Crippen LogP contribution in [0.15, 0.2) is 62.8 Å². The van der Waals surface area contributed by atoms with E-state index < -0.39 is 0 Å². The molecule has 0 spiro atoms. The molecule has 0 saturated heterocycles. The number of thioether (sulfide) groups is 1. The van der Waals surface area contributed by atoms with Crippen LogP contribution in [0.3, 0.4) is 0 Å². The van der Waals surface area contributed by atoms with Crippen LogP contribution < -0.4 is 10.9 Å². The number of nitrogens with zero attached hydrogens (tertiary/aromatic N) is 3. The molecule has 0 fully saturated rings. The molecule has 0 bridgehead atoms. The summed E-state index contributed by atoms with van der Waals surface area (Å²) in [5.74, 6) is 0. The Bertz CT molecular complexity index is 1250. The molecule has 30 heavy (non-hydrogen) atoms. The van der Waals surface area contributed by atoms with Gasteiger partial charge in [-0.1, -0.05) is 46.2 Å².